The van der Waals surface area contributed by atoms with Gasteiger partial charge >= 0.3 is 0 Å². The minimum absolute atomic E-state index is 0.177. The molecule has 0 atom stereocenters. The van der Waals surface area contributed by atoms with Gasteiger partial charge in [-0.2, -0.15) is 0 Å². The van der Waals surface area contributed by atoms with E-state index in [4.69, 9.17) is 15.0 Å². The molecular weight excluding hydrogens is 717 g/mol. The van der Waals surface area contributed by atoms with Gasteiger partial charge in [0.25, 0.3) is 0 Å². The monoisotopic (exact) mass is 756 g/mol. The first-order valence-electron chi connectivity index (χ1n) is 20.3. The molecule has 0 unspecified atom stereocenters. The SMILES string of the molecule is CC1(C)c2ccccc2-c2cccc(N(c3ccc(-c4ccccc4)cc3)c3ccc4c(c3)Cc3cc(-c5nc(-c6ccccc6)nc(-c6ccccc6)n5)ccc3-4)c21. The van der Waals surface area contributed by atoms with Gasteiger partial charge in [0.1, 0.15) is 0 Å². The minimum Gasteiger partial charge on any atom is -0.310 e. The van der Waals surface area contributed by atoms with Crippen molar-refractivity contribution in [3.05, 3.63) is 216 Å². The summed E-state index contributed by atoms with van der Waals surface area (Å²) >= 11 is 0. The fraction of sp³-hybridized carbons (Fsp3) is 0.0727. The molecule has 2 aliphatic carbocycles. The number of fused-ring (bicyclic) bond motifs is 6. The van der Waals surface area contributed by atoms with Crippen LogP contribution in [0.1, 0.15) is 36.1 Å². The van der Waals surface area contributed by atoms with Gasteiger partial charge in [-0.05, 0) is 98.5 Å². The van der Waals surface area contributed by atoms with Crippen molar-refractivity contribution in [3.63, 3.8) is 0 Å². The van der Waals surface area contributed by atoms with Crippen molar-refractivity contribution in [2.75, 3.05) is 4.90 Å². The number of anilines is 3. The molecule has 0 spiro atoms. The Balaban J connectivity index is 1.00. The first kappa shape index (κ1) is 34.8. The van der Waals surface area contributed by atoms with Crippen molar-refractivity contribution in [1.29, 1.82) is 0 Å². The quantitative estimate of drug-likeness (QED) is 0.162. The van der Waals surface area contributed by atoms with E-state index in [1.54, 1.807) is 0 Å². The molecule has 9 aromatic rings. The van der Waals surface area contributed by atoms with Gasteiger partial charge in [-0.25, -0.2) is 15.0 Å². The number of nitrogens with zero attached hydrogens (tertiary/aromatic N) is 4. The van der Waals surface area contributed by atoms with Crippen LogP contribution in [-0.4, -0.2) is 15.0 Å². The molecule has 0 N–H and O–H groups in total. The van der Waals surface area contributed by atoms with Gasteiger partial charge < -0.3 is 4.90 Å². The maximum absolute atomic E-state index is 5.03. The Labute approximate surface area is 345 Å². The number of benzene rings is 8. The smallest absolute Gasteiger partial charge is 0.164 e. The van der Waals surface area contributed by atoms with E-state index in [-0.39, 0.29) is 5.41 Å². The molecule has 8 aromatic carbocycles. The lowest BCUT2D eigenvalue weighted by Crippen LogP contribution is -2.20. The highest BCUT2D eigenvalue weighted by Gasteiger charge is 2.39. The number of aromatic nitrogens is 3. The molecule has 2 aliphatic rings. The predicted octanol–water partition coefficient (Wildman–Crippen LogP) is 13.9. The number of rotatable bonds is 7. The largest absolute Gasteiger partial charge is 0.310 e. The van der Waals surface area contributed by atoms with Gasteiger partial charge in [0.05, 0.1) is 5.69 Å². The summed E-state index contributed by atoms with van der Waals surface area (Å²) in [6.45, 7) is 4.74. The van der Waals surface area contributed by atoms with Crippen molar-refractivity contribution < 1.29 is 0 Å². The van der Waals surface area contributed by atoms with E-state index in [2.05, 4.69) is 176 Å². The van der Waals surface area contributed by atoms with E-state index >= 15 is 0 Å². The van der Waals surface area contributed by atoms with Crippen molar-refractivity contribution in [1.82, 2.24) is 15.0 Å². The fourth-order valence-electron chi connectivity index (χ4n) is 9.28. The van der Waals surface area contributed by atoms with Crippen LogP contribution in [0.3, 0.4) is 0 Å². The van der Waals surface area contributed by atoms with Crippen molar-refractivity contribution in [2.45, 2.75) is 25.7 Å². The molecule has 4 heteroatoms. The zero-order chi connectivity index (χ0) is 39.5. The number of hydrogen-bond donors (Lipinski definition) is 0. The summed E-state index contributed by atoms with van der Waals surface area (Å²) < 4.78 is 0. The molecule has 0 bridgehead atoms. The topological polar surface area (TPSA) is 41.9 Å². The third kappa shape index (κ3) is 5.95. The van der Waals surface area contributed by atoms with Crippen LogP contribution < -0.4 is 4.90 Å². The lowest BCUT2D eigenvalue weighted by molar-refractivity contribution is 0.661. The second-order valence-electron chi connectivity index (χ2n) is 16.0. The Bertz CT molecular complexity index is 2970. The van der Waals surface area contributed by atoms with Crippen LogP contribution >= 0.6 is 0 Å². The molecule has 59 heavy (non-hydrogen) atoms. The van der Waals surface area contributed by atoms with Crippen LogP contribution in [0.5, 0.6) is 0 Å². The average Bonchev–Trinajstić information content (AvgIpc) is 3.78. The molecule has 0 amide bonds. The predicted molar refractivity (Wildman–Crippen MR) is 242 cm³/mol. The van der Waals surface area contributed by atoms with Gasteiger partial charge in [0, 0.05) is 33.5 Å². The van der Waals surface area contributed by atoms with Crippen molar-refractivity contribution in [2.24, 2.45) is 0 Å². The number of hydrogen-bond acceptors (Lipinski definition) is 4. The standard InChI is InChI=1S/C55H40N4/c1-55(2)49-23-13-12-21-47(49)48-22-14-24-50(51(48)55)59(43-28-25-37(26-29-43)36-15-6-3-7-16-36)44-30-32-46-42(35-44)34-41-33-40(27-31-45(41)46)54-57-52(38-17-8-4-9-18-38)56-53(58-54)39-19-10-5-11-20-39/h3-33,35H,34H2,1-2H3. The Morgan fingerprint density at radius 2 is 0.881 bits per heavy atom. The van der Waals surface area contributed by atoms with Gasteiger partial charge in [-0.1, -0.05) is 172 Å². The first-order chi connectivity index (χ1) is 29.0. The third-order valence-corrected chi connectivity index (χ3v) is 12.1. The van der Waals surface area contributed by atoms with Crippen molar-refractivity contribution in [3.8, 4) is 67.5 Å². The maximum atomic E-state index is 5.03. The molecule has 4 nitrogen and oxygen atoms in total. The summed E-state index contributed by atoms with van der Waals surface area (Å²) in [5.41, 5.74) is 19.1. The van der Waals surface area contributed by atoms with Gasteiger partial charge in [-0.15, -0.1) is 0 Å². The van der Waals surface area contributed by atoms with E-state index in [1.165, 1.54) is 61.3 Å². The molecule has 1 heterocycles. The van der Waals surface area contributed by atoms with Crippen LogP contribution in [0, 0.1) is 0 Å². The van der Waals surface area contributed by atoms with E-state index in [0.717, 1.165) is 34.5 Å². The molecule has 0 saturated carbocycles. The minimum atomic E-state index is -0.177. The summed E-state index contributed by atoms with van der Waals surface area (Å²) in [7, 11) is 0. The lowest BCUT2D eigenvalue weighted by Gasteiger charge is -2.32. The Morgan fingerprint density at radius 1 is 0.390 bits per heavy atom. The molecule has 0 radical (unpaired) electrons. The highest BCUT2D eigenvalue weighted by Crippen LogP contribution is 2.54. The zero-order valence-electron chi connectivity index (χ0n) is 33.0. The zero-order valence-corrected chi connectivity index (χ0v) is 33.0. The summed E-state index contributed by atoms with van der Waals surface area (Å²) in [6.07, 6.45) is 0.819. The molecule has 0 fully saturated rings. The molecular formula is C55H40N4. The van der Waals surface area contributed by atoms with Gasteiger partial charge in [-0.3, -0.25) is 0 Å². The second kappa shape index (κ2) is 13.9. The molecule has 11 rings (SSSR count). The van der Waals surface area contributed by atoms with E-state index < -0.39 is 0 Å². The molecule has 280 valence electrons. The third-order valence-electron chi connectivity index (χ3n) is 12.1. The van der Waals surface area contributed by atoms with E-state index in [1.807, 2.05) is 36.4 Å². The van der Waals surface area contributed by atoms with Crippen LogP contribution in [0.2, 0.25) is 0 Å². The van der Waals surface area contributed by atoms with Gasteiger partial charge in [0.2, 0.25) is 0 Å². The summed E-state index contributed by atoms with van der Waals surface area (Å²) in [4.78, 5) is 17.4. The summed E-state index contributed by atoms with van der Waals surface area (Å²) in [5.74, 6) is 2.00. The van der Waals surface area contributed by atoms with Crippen LogP contribution in [0.15, 0.2) is 194 Å². The maximum Gasteiger partial charge on any atom is 0.164 e. The van der Waals surface area contributed by atoms with E-state index in [0.29, 0.717) is 17.5 Å². The molecule has 0 aliphatic heterocycles. The highest BCUT2D eigenvalue weighted by atomic mass is 15.1. The van der Waals surface area contributed by atoms with Crippen LogP contribution in [0.25, 0.3) is 67.5 Å². The fourth-order valence-corrected chi connectivity index (χ4v) is 9.28. The lowest BCUT2D eigenvalue weighted by atomic mass is 9.81. The summed E-state index contributed by atoms with van der Waals surface area (Å²) in [5, 5.41) is 0. The van der Waals surface area contributed by atoms with Crippen LogP contribution in [0.4, 0.5) is 17.1 Å². The second-order valence-corrected chi connectivity index (χ2v) is 16.0. The Morgan fingerprint density at radius 3 is 1.54 bits per heavy atom. The first-order valence-corrected chi connectivity index (χ1v) is 20.3. The van der Waals surface area contributed by atoms with Crippen LogP contribution in [-0.2, 0) is 11.8 Å². The molecule has 0 saturated heterocycles. The Kier molecular flexibility index (Phi) is 8.19. The summed E-state index contributed by atoms with van der Waals surface area (Å²) in [6, 6.07) is 69.4. The Hall–Kier alpha value is -7.43. The average molecular weight is 757 g/mol. The van der Waals surface area contributed by atoms with E-state index in [9.17, 15) is 0 Å². The van der Waals surface area contributed by atoms with Gasteiger partial charge in [0.15, 0.2) is 17.5 Å². The normalized spacial score (nSPS) is 13.0. The molecule has 1 aromatic heterocycles. The highest BCUT2D eigenvalue weighted by molar-refractivity contribution is 5.92. The van der Waals surface area contributed by atoms with Crippen molar-refractivity contribution >= 4 is 17.1 Å².